The quantitative estimate of drug-likeness (QED) is 0.375. The number of rotatable bonds is 6. The molecule has 0 radical (unpaired) electrons. The summed E-state index contributed by atoms with van der Waals surface area (Å²) in [5.41, 5.74) is 3.15. The van der Waals surface area contributed by atoms with Crippen molar-refractivity contribution in [3.05, 3.63) is 83.8 Å². The van der Waals surface area contributed by atoms with Crippen LogP contribution in [0, 0.1) is 0 Å². The highest BCUT2D eigenvalue weighted by atomic mass is 16.5. The van der Waals surface area contributed by atoms with Crippen LogP contribution >= 0.6 is 0 Å². The van der Waals surface area contributed by atoms with Crippen LogP contribution < -0.4 is 20.1 Å². The molecule has 3 heterocycles. The number of aromatic hydroxyl groups is 1. The molecule has 0 saturated heterocycles. The number of allylic oxidation sites excluding steroid dienone is 1. The van der Waals surface area contributed by atoms with Crippen molar-refractivity contribution < 1.29 is 19.4 Å². The molecule has 0 saturated carbocycles. The topological polar surface area (TPSA) is 123 Å². The molecule has 0 aliphatic carbocycles. The lowest BCUT2D eigenvalue weighted by atomic mass is 9.94. The molecule has 10 heteroatoms. The van der Waals surface area contributed by atoms with Crippen molar-refractivity contribution in [1.29, 1.82) is 0 Å². The van der Waals surface area contributed by atoms with Crippen molar-refractivity contribution in [3.8, 4) is 28.6 Å². The number of phenolic OH excluding ortho intramolecular Hbond substituents is 1. The third kappa shape index (κ3) is 4.20. The number of amides is 1. The van der Waals surface area contributed by atoms with E-state index in [-0.39, 0.29) is 11.7 Å². The van der Waals surface area contributed by atoms with E-state index >= 15 is 0 Å². The Morgan fingerprint density at radius 3 is 2.56 bits per heavy atom. The lowest BCUT2D eigenvalue weighted by Gasteiger charge is -2.29. The smallest absolute Gasteiger partial charge is 0.255 e. The monoisotopic (exact) mass is 484 g/mol. The van der Waals surface area contributed by atoms with Crippen molar-refractivity contribution in [1.82, 2.24) is 19.7 Å². The van der Waals surface area contributed by atoms with E-state index < -0.39 is 6.04 Å². The number of benzene rings is 2. The van der Waals surface area contributed by atoms with Crippen LogP contribution in [0.1, 0.15) is 18.5 Å². The maximum atomic E-state index is 13.6. The molecule has 0 spiro atoms. The molecule has 1 aliphatic heterocycles. The molecule has 0 unspecified atom stereocenters. The largest absolute Gasteiger partial charge is 0.508 e. The Morgan fingerprint density at radius 2 is 1.86 bits per heavy atom. The summed E-state index contributed by atoms with van der Waals surface area (Å²) in [7, 11) is 3.13. The Bertz CT molecular complexity index is 1450. The zero-order valence-corrected chi connectivity index (χ0v) is 19.9. The number of ether oxygens (including phenoxy) is 2. The van der Waals surface area contributed by atoms with Crippen LogP contribution in [0.5, 0.6) is 17.2 Å². The van der Waals surface area contributed by atoms with E-state index in [0.29, 0.717) is 40.2 Å². The van der Waals surface area contributed by atoms with Gasteiger partial charge in [-0.15, -0.1) is 5.10 Å². The summed E-state index contributed by atoms with van der Waals surface area (Å²) in [6.07, 6.45) is 3.22. The number of pyridine rings is 1. The normalized spacial score (nSPS) is 14.6. The molecular formula is C26H24N6O4. The first-order valence-corrected chi connectivity index (χ1v) is 11.2. The van der Waals surface area contributed by atoms with Gasteiger partial charge < -0.3 is 25.2 Å². The predicted molar refractivity (Wildman–Crippen MR) is 134 cm³/mol. The molecule has 1 atom stereocenters. The zero-order chi connectivity index (χ0) is 25.2. The van der Waals surface area contributed by atoms with Crippen molar-refractivity contribution in [2.75, 3.05) is 24.9 Å². The summed E-state index contributed by atoms with van der Waals surface area (Å²) in [4.78, 5) is 22.3. The second kappa shape index (κ2) is 9.41. The number of hydrogen-bond acceptors (Lipinski definition) is 8. The van der Waals surface area contributed by atoms with E-state index in [4.69, 9.17) is 14.6 Å². The van der Waals surface area contributed by atoms with Gasteiger partial charge in [-0.1, -0.05) is 6.07 Å². The molecule has 0 bridgehead atoms. The van der Waals surface area contributed by atoms with Gasteiger partial charge in [0.1, 0.15) is 11.8 Å². The third-order valence-corrected chi connectivity index (χ3v) is 5.87. The summed E-state index contributed by atoms with van der Waals surface area (Å²) < 4.78 is 12.6. The number of nitrogens with zero attached hydrogens (tertiary/aromatic N) is 4. The first-order chi connectivity index (χ1) is 17.5. The summed E-state index contributed by atoms with van der Waals surface area (Å²) in [6.45, 7) is 1.82. The number of nitrogens with one attached hydrogen (secondary N) is 2. The van der Waals surface area contributed by atoms with E-state index in [0.717, 1.165) is 11.1 Å². The number of carbonyl (C=O) groups is 1. The van der Waals surface area contributed by atoms with Gasteiger partial charge in [0.25, 0.3) is 5.91 Å². The molecule has 0 fully saturated rings. The lowest BCUT2D eigenvalue weighted by Crippen LogP contribution is -2.31. The maximum Gasteiger partial charge on any atom is 0.255 e. The fourth-order valence-corrected chi connectivity index (χ4v) is 4.14. The molecule has 3 N–H and O–H groups in total. The Morgan fingerprint density at radius 1 is 1.08 bits per heavy atom. The van der Waals surface area contributed by atoms with Gasteiger partial charge in [-0.05, 0) is 61.0 Å². The molecule has 36 heavy (non-hydrogen) atoms. The van der Waals surface area contributed by atoms with E-state index in [2.05, 4.69) is 20.6 Å². The van der Waals surface area contributed by atoms with Gasteiger partial charge in [0, 0.05) is 17.5 Å². The van der Waals surface area contributed by atoms with Crippen molar-refractivity contribution in [2.24, 2.45) is 0 Å². The fraction of sp³-hybridized carbons (Fsp3) is 0.154. The number of methoxy groups -OCH3 is 2. The fourth-order valence-electron chi connectivity index (χ4n) is 4.14. The average Bonchev–Trinajstić information content (AvgIpc) is 3.31. The molecular weight excluding hydrogens is 460 g/mol. The second-order valence-electron chi connectivity index (χ2n) is 8.13. The Balaban J connectivity index is 1.63. The number of phenols is 1. The van der Waals surface area contributed by atoms with Gasteiger partial charge in [0.2, 0.25) is 5.95 Å². The molecule has 182 valence electrons. The second-order valence-corrected chi connectivity index (χ2v) is 8.13. The molecule has 1 amide bonds. The van der Waals surface area contributed by atoms with Gasteiger partial charge >= 0.3 is 0 Å². The maximum absolute atomic E-state index is 13.6. The van der Waals surface area contributed by atoms with Gasteiger partial charge in [-0.2, -0.15) is 4.98 Å². The van der Waals surface area contributed by atoms with E-state index in [1.807, 2.05) is 19.1 Å². The number of hydrogen-bond donors (Lipinski definition) is 3. The molecule has 5 rings (SSSR count). The van der Waals surface area contributed by atoms with Crippen molar-refractivity contribution in [2.45, 2.75) is 13.0 Å². The van der Waals surface area contributed by atoms with Crippen molar-refractivity contribution in [3.63, 3.8) is 0 Å². The van der Waals surface area contributed by atoms with Crippen LogP contribution in [0.15, 0.2) is 78.3 Å². The first kappa shape index (κ1) is 22.9. The standard InChI is InChI=1S/C26H24N6O4/c1-15-22(25(34)29-18-5-4-12-27-14-18)23(17-8-11-20(35-2)21(13-17)36-3)32-26(28-15)30-24(31-32)16-6-9-19(33)10-7-16/h4-14,23,33H,1-3H3,(H,29,34)(H,28,30,31)/t23-/m1/s1. The third-order valence-electron chi connectivity index (χ3n) is 5.87. The number of anilines is 2. The predicted octanol–water partition coefficient (Wildman–Crippen LogP) is 3.99. The van der Waals surface area contributed by atoms with Crippen LogP contribution in [-0.4, -0.2) is 45.0 Å². The Hall–Kier alpha value is -4.86. The minimum atomic E-state index is -0.615. The van der Waals surface area contributed by atoms with E-state index in [9.17, 15) is 9.90 Å². The van der Waals surface area contributed by atoms with Gasteiger partial charge in [0.15, 0.2) is 17.3 Å². The summed E-state index contributed by atoms with van der Waals surface area (Å²) in [6, 6.07) is 15.0. The van der Waals surface area contributed by atoms with Crippen LogP contribution in [0.2, 0.25) is 0 Å². The van der Waals surface area contributed by atoms with E-state index in [1.165, 1.54) is 0 Å². The van der Waals surface area contributed by atoms with Crippen LogP contribution in [-0.2, 0) is 4.79 Å². The minimum Gasteiger partial charge on any atom is -0.508 e. The lowest BCUT2D eigenvalue weighted by molar-refractivity contribution is -0.113. The molecule has 2 aromatic heterocycles. The SMILES string of the molecule is COc1ccc([C@@H]2C(C(=O)Nc3cccnc3)=C(C)Nc3nc(-c4ccc(O)cc4)nn32)cc1OC. The number of aromatic nitrogens is 4. The highest BCUT2D eigenvalue weighted by Gasteiger charge is 2.35. The van der Waals surface area contributed by atoms with Crippen LogP contribution in [0.4, 0.5) is 11.6 Å². The van der Waals surface area contributed by atoms with Gasteiger partial charge in [0.05, 0.1) is 31.7 Å². The Labute approximate surface area is 207 Å². The highest BCUT2D eigenvalue weighted by molar-refractivity contribution is 6.06. The molecule has 10 nitrogen and oxygen atoms in total. The zero-order valence-electron chi connectivity index (χ0n) is 19.9. The Kier molecular flexibility index (Phi) is 5.99. The number of fused-ring (bicyclic) bond motifs is 1. The summed E-state index contributed by atoms with van der Waals surface area (Å²) in [5, 5.41) is 20.5. The molecule has 4 aromatic rings. The van der Waals surface area contributed by atoms with Gasteiger partial charge in [-0.3, -0.25) is 9.78 Å². The van der Waals surface area contributed by atoms with Gasteiger partial charge in [-0.25, -0.2) is 4.68 Å². The highest BCUT2D eigenvalue weighted by Crippen LogP contribution is 2.39. The van der Waals surface area contributed by atoms with Crippen LogP contribution in [0.25, 0.3) is 11.4 Å². The van der Waals surface area contributed by atoms with Crippen molar-refractivity contribution >= 4 is 17.5 Å². The van der Waals surface area contributed by atoms with Crippen LogP contribution in [0.3, 0.4) is 0 Å². The molecule has 1 aliphatic rings. The summed E-state index contributed by atoms with van der Waals surface area (Å²) in [5.74, 6) is 1.87. The first-order valence-electron chi connectivity index (χ1n) is 11.2. The molecule has 2 aromatic carbocycles. The number of carbonyl (C=O) groups excluding carboxylic acids is 1. The summed E-state index contributed by atoms with van der Waals surface area (Å²) >= 11 is 0. The van der Waals surface area contributed by atoms with E-state index in [1.54, 1.807) is 73.8 Å². The minimum absolute atomic E-state index is 0.149. The average molecular weight is 485 g/mol.